The highest BCUT2D eigenvalue weighted by Gasteiger charge is 2.08. The van der Waals surface area contributed by atoms with Crippen LogP contribution in [0.4, 0.5) is 5.69 Å². The van der Waals surface area contributed by atoms with Crippen LogP contribution in [0.5, 0.6) is 0 Å². The molecule has 0 aliphatic heterocycles. The Kier molecular flexibility index (Phi) is 2.89. The Morgan fingerprint density at radius 1 is 1.05 bits per heavy atom. The quantitative estimate of drug-likeness (QED) is 0.727. The molecule has 1 aromatic carbocycles. The maximum atomic E-state index is 5.82. The van der Waals surface area contributed by atoms with Crippen LogP contribution >= 0.6 is 11.6 Å². The van der Waals surface area contributed by atoms with Crippen LogP contribution in [0, 0.1) is 0 Å². The van der Waals surface area contributed by atoms with E-state index in [0.29, 0.717) is 11.5 Å². The first-order valence-corrected chi connectivity index (χ1v) is 6.00. The topological polar surface area (TPSA) is 69.6 Å². The van der Waals surface area contributed by atoms with Crippen molar-refractivity contribution >= 4 is 17.3 Å². The summed E-state index contributed by atoms with van der Waals surface area (Å²) in [6.45, 7) is 0. The highest BCUT2D eigenvalue weighted by molar-refractivity contribution is 6.28. The lowest BCUT2D eigenvalue weighted by atomic mass is 10.1. The van der Waals surface area contributed by atoms with Crippen molar-refractivity contribution in [2.45, 2.75) is 0 Å². The van der Waals surface area contributed by atoms with Gasteiger partial charge in [-0.2, -0.15) is 10.1 Å². The van der Waals surface area contributed by atoms with Crippen LogP contribution < -0.4 is 5.73 Å². The number of rotatable bonds is 2. The standard InChI is InChI=1S/C13H10ClN5/c14-13-16-7-11(15)12(18-13)19-8-10(6-17-19)9-4-2-1-3-5-9/h1-8H,15H2. The third-order valence-electron chi connectivity index (χ3n) is 2.67. The van der Waals surface area contributed by atoms with Gasteiger partial charge in [-0.05, 0) is 17.2 Å². The lowest BCUT2D eigenvalue weighted by Gasteiger charge is -2.03. The predicted octanol–water partition coefficient (Wildman–Crippen LogP) is 2.56. The molecule has 19 heavy (non-hydrogen) atoms. The molecule has 0 fully saturated rings. The van der Waals surface area contributed by atoms with Gasteiger partial charge in [0.15, 0.2) is 5.82 Å². The number of nitrogen functional groups attached to an aromatic ring is 1. The second-order valence-electron chi connectivity index (χ2n) is 3.96. The molecular formula is C13H10ClN5. The molecule has 0 bridgehead atoms. The Hall–Kier alpha value is -2.40. The predicted molar refractivity (Wildman–Crippen MR) is 74.0 cm³/mol. The molecule has 3 rings (SSSR count). The average Bonchev–Trinajstić information content (AvgIpc) is 2.92. The summed E-state index contributed by atoms with van der Waals surface area (Å²) in [5, 5.41) is 4.39. The van der Waals surface area contributed by atoms with E-state index in [9.17, 15) is 0 Å². The molecule has 5 nitrogen and oxygen atoms in total. The van der Waals surface area contributed by atoms with Gasteiger partial charge in [-0.3, -0.25) is 0 Å². The largest absolute Gasteiger partial charge is 0.394 e. The van der Waals surface area contributed by atoms with Crippen molar-refractivity contribution < 1.29 is 0 Å². The van der Waals surface area contributed by atoms with Crippen LogP contribution in [0.1, 0.15) is 0 Å². The number of hydrogen-bond donors (Lipinski definition) is 1. The summed E-state index contributed by atoms with van der Waals surface area (Å²) in [7, 11) is 0. The van der Waals surface area contributed by atoms with Gasteiger partial charge in [-0.15, -0.1) is 0 Å². The number of aromatic nitrogens is 4. The summed E-state index contributed by atoms with van der Waals surface area (Å²) < 4.78 is 1.59. The number of nitrogens with two attached hydrogens (primary N) is 1. The van der Waals surface area contributed by atoms with Crippen LogP contribution in [-0.4, -0.2) is 19.7 Å². The molecule has 0 atom stereocenters. The van der Waals surface area contributed by atoms with E-state index in [1.165, 1.54) is 6.20 Å². The van der Waals surface area contributed by atoms with Crippen LogP contribution in [-0.2, 0) is 0 Å². The smallest absolute Gasteiger partial charge is 0.224 e. The van der Waals surface area contributed by atoms with Gasteiger partial charge < -0.3 is 5.73 Å². The molecule has 0 amide bonds. The summed E-state index contributed by atoms with van der Waals surface area (Å²) in [6.07, 6.45) is 5.07. The highest BCUT2D eigenvalue weighted by Crippen LogP contribution is 2.21. The molecule has 0 saturated heterocycles. The fourth-order valence-electron chi connectivity index (χ4n) is 1.76. The normalized spacial score (nSPS) is 10.6. The molecule has 0 spiro atoms. The minimum atomic E-state index is 0.140. The molecule has 94 valence electrons. The molecule has 0 aliphatic carbocycles. The summed E-state index contributed by atoms with van der Waals surface area (Å²) in [5.74, 6) is 0.474. The molecule has 3 aromatic rings. The van der Waals surface area contributed by atoms with E-state index in [4.69, 9.17) is 17.3 Å². The minimum Gasteiger partial charge on any atom is -0.394 e. The van der Waals surface area contributed by atoms with Crippen molar-refractivity contribution in [2.75, 3.05) is 5.73 Å². The fraction of sp³-hybridized carbons (Fsp3) is 0. The third kappa shape index (κ3) is 2.28. The molecule has 2 N–H and O–H groups in total. The van der Waals surface area contributed by atoms with Gasteiger partial charge in [-0.1, -0.05) is 30.3 Å². The van der Waals surface area contributed by atoms with Gasteiger partial charge in [0.05, 0.1) is 18.1 Å². The van der Waals surface area contributed by atoms with E-state index in [0.717, 1.165) is 11.1 Å². The summed E-state index contributed by atoms with van der Waals surface area (Å²) in [4.78, 5) is 7.90. The molecule has 2 aromatic heterocycles. The fourth-order valence-corrected chi connectivity index (χ4v) is 1.89. The summed E-state index contributed by atoms with van der Waals surface area (Å²) in [5.41, 5.74) is 8.31. The third-order valence-corrected chi connectivity index (χ3v) is 2.86. The van der Waals surface area contributed by atoms with Crippen molar-refractivity contribution in [2.24, 2.45) is 0 Å². The van der Waals surface area contributed by atoms with Gasteiger partial charge in [0.1, 0.15) is 0 Å². The zero-order valence-corrected chi connectivity index (χ0v) is 10.6. The zero-order chi connectivity index (χ0) is 13.2. The molecule has 0 aliphatic rings. The first-order valence-electron chi connectivity index (χ1n) is 5.62. The molecule has 0 radical (unpaired) electrons. The minimum absolute atomic E-state index is 0.140. The van der Waals surface area contributed by atoms with Gasteiger partial charge in [0, 0.05) is 11.8 Å². The molecular weight excluding hydrogens is 262 g/mol. The number of halogens is 1. The maximum Gasteiger partial charge on any atom is 0.224 e. The Morgan fingerprint density at radius 2 is 1.84 bits per heavy atom. The van der Waals surface area contributed by atoms with Crippen molar-refractivity contribution in [1.82, 2.24) is 19.7 Å². The van der Waals surface area contributed by atoms with Crippen LogP contribution in [0.15, 0.2) is 48.9 Å². The maximum absolute atomic E-state index is 5.82. The summed E-state index contributed by atoms with van der Waals surface area (Å²) >= 11 is 5.77. The lowest BCUT2D eigenvalue weighted by molar-refractivity contribution is 0.843. The average molecular weight is 272 g/mol. The van der Waals surface area contributed by atoms with Crippen molar-refractivity contribution in [3.63, 3.8) is 0 Å². The molecule has 0 saturated carbocycles. The van der Waals surface area contributed by atoms with Crippen molar-refractivity contribution in [3.8, 4) is 16.9 Å². The number of nitrogens with zero attached hydrogens (tertiary/aromatic N) is 4. The van der Waals surface area contributed by atoms with E-state index in [1.807, 2.05) is 36.5 Å². The first-order chi connectivity index (χ1) is 9.24. The van der Waals surface area contributed by atoms with E-state index < -0.39 is 0 Å². The van der Waals surface area contributed by atoms with E-state index in [1.54, 1.807) is 10.9 Å². The Morgan fingerprint density at radius 3 is 2.63 bits per heavy atom. The molecule has 2 heterocycles. The SMILES string of the molecule is Nc1cnc(Cl)nc1-n1cc(-c2ccccc2)cn1. The first kappa shape index (κ1) is 11.7. The van der Waals surface area contributed by atoms with Crippen LogP contribution in [0.2, 0.25) is 5.28 Å². The molecule has 0 unspecified atom stereocenters. The van der Waals surface area contributed by atoms with Crippen molar-refractivity contribution in [3.05, 3.63) is 54.2 Å². The van der Waals surface area contributed by atoms with Gasteiger partial charge in [0.25, 0.3) is 0 Å². The number of anilines is 1. The van der Waals surface area contributed by atoms with E-state index in [-0.39, 0.29) is 5.28 Å². The summed E-state index contributed by atoms with van der Waals surface area (Å²) in [6, 6.07) is 9.94. The Bertz CT molecular complexity index is 708. The van der Waals surface area contributed by atoms with Gasteiger partial charge in [-0.25, -0.2) is 9.67 Å². The van der Waals surface area contributed by atoms with E-state index >= 15 is 0 Å². The molecule has 6 heteroatoms. The Balaban J connectivity index is 2.04. The second kappa shape index (κ2) is 4.70. The van der Waals surface area contributed by atoms with Gasteiger partial charge >= 0.3 is 0 Å². The van der Waals surface area contributed by atoms with Crippen LogP contribution in [0.3, 0.4) is 0 Å². The zero-order valence-electron chi connectivity index (χ0n) is 9.86. The monoisotopic (exact) mass is 271 g/mol. The number of hydrogen-bond acceptors (Lipinski definition) is 4. The van der Waals surface area contributed by atoms with Gasteiger partial charge in [0.2, 0.25) is 5.28 Å². The number of benzene rings is 1. The van der Waals surface area contributed by atoms with Crippen molar-refractivity contribution in [1.29, 1.82) is 0 Å². The van der Waals surface area contributed by atoms with E-state index in [2.05, 4.69) is 15.1 Å². The van der Waals surface area contributed by atoms with Crippen LogP contribution in [0.25, 0.3) is 16.9 Å². The Labute approximate surface area is 114 Å². The second-order valence-corrected chi connectivity index (χ2v) is 4.30. The highest BCUT2D eigenvalue weighted by atomic mass is 35.5. The lowest BCUT2D eigenvalue weighted by Crippen LogP contribution is -2.04.